The van der Waals surface area contributed by atoms with E-state index in [1.807, 2.05) is 26.8 Å². The zero-order valence-electron chi connectivity index (χ0n) is 16.9. The van der Waals surface area contributed by atoms with E-state index in [-0.39, 0.29) is 17.1 Å². The van der Waals surface area contributed by atoms with Gasteiger partial charge in [-0.1, -0.05) is 32.9 Å². The highest BCUT2D eigenvalue weighted by Gasteiger charge is 2.23. The predicted molar refractivity (Wildman–Crippen MR) is 109 cm³/mol. The van der Waals surface area contributed by atoms with Crippen LogP contribution in [-0.2, 0) is 10.4 Å². The first-order chi connectivity index (χ1) is 12.9. The van der Waals surface area contributed by atoms with Crippen LogP contribution >= 0.6 is 0 Å². The van der Waals surface area contributed by atoms with Gasteiger partial charge < -0.3 is 10.4 Å². The number of hydrogen-bond donors (Lipinski definition) is 2. The molecule has 0 spiro atoms. The van der Waals surface area contributed by atoms with Crippen LogP contribution in [0.3, 0.4) is 0 Å². The molecular formula is C22H26FN3O2. The molecule has 0 saturated heterocycles. The van der Waals surface area contributed by atoms with E-state index in [4.69, 9.17) is 0 Å². The molecule has 1 amide bonds. The number of rotatable bonds is 4. The molecule has 0 unspecified atom stereocenters. The quantitative estimate of drug-likeness (QED) is 0.684. The Bertz CT molecular complexity index is 1010. The van der Waals surface area contributed by atoms with Crippen LogP contribution in [0.5, 0.6) is 0 Å². The van der Waals surface area contributed by atoms with Crippen molar-refractivity contribution in [3.8, 4) is 11.1 Å². The van der Waals surface area contributed by atoms with Crippen LogP contribution in [0.15, 0.2) is 42.6 Å². The van der Waals surface area contributed by atoms with Gasteiger partial charge >= 0.3 is 0 Å². The van der Waals surface area contributed by atoms with Gasteiger partial charge in [-0.05, 0) is 54.7 Å². The summed E-state index contributed by atoms with van der Waals surface area (Å²) in [6.07, 6.45) is 2.09. The number of benzene rings is 1. The summed E-state index contributed by atoms with van der Waals surface area (Å²) in [7, 11) is 0. The molecule has 3 aromatic rings. The van der Waals surface area contributed by atoms with Crippen molar-refractivity contribution in [2.45, 2.75) is 46.6 Å². The second-order valence-corrected chi connectivity index (χ2v) is 8.82. The highest BCUT2D eigenvalue weighted by Crippen LogP contribution is 2.34. The first-order valence-electron chi connectivity index (χ1n) is 9.25. The molecule has 0 aliphatic carbocycles. The predicted octanol–water partition coefficient (Wildman–Crippen LogP) is 4.74. The second kappa shape index (κ2) is 7.02. The summed E-state index contributed by atoms with van der Waals surface area (Å²) in [5.74, 6) is -0.0635. The van der Waals surface area contributed by atoms with Crippen molar-refractivity contribution in [3.05, 3.63) is 54.0 Å². The Morgan fingerprint density at radius 1 is 1.14 bits per heavy atom. The third-order valence-corrected chi connectivity index (χ3v) is 4.42. The molecule has 3 rings (SSSR count). The number of pyridine rings is 1. The Morgan fingerprint density at radius 2 is 1.79 bits per heavy atom. The topological polar surface area (TPSA) is 66.6 Å². The van der Waals surface area contributed by atoms with Crippen LogP contribution in [0.4, 0.5) is 10.2 Å². The lowest BCUT2D eigenvalue weighted by Gasteiger charge is -2.18. The van der Waals surface area contributed by atoms with E-state index < -0.39 is 5.60 Å². The normalized spacial score (nSPS) is 12.4. The molecular weight excluding hydrogens is 357 g/mol. The summed E-state index contributed by atoms with van der Waals surface area (Å²) in [6, 6.07) is 9.68. The molecule has 2 aromatic heterocycles. The molecule has 2 heterocycles. The molecule has 28 heavy (non-hydrogen) atoms. The van der Waals surface area contributed by atoms with Crippen LogP contribution < -0.4 is 5.32 Å². The molecule has 2 N–H and O–H groups in total. The number of aromatic nitrogens is 2. The largest absolute Gasteiger partial charge is 0.386 e. The Hall–Kier alpha value is -2.73. The lowest BCUT2D eigenvalue weighted by molar-refractivity contribution is -0.117. The van der Waals surface area contributed by atoms with E-state index >= 15 is 0 Å². The van der Waals surface area contributed by atoms with E-state index in [2.05, 4.69) is 10.4 Å². The van der Waals surface area contributed by atoms with Gasteiger partial charge in [-0.15, -0.1) is 5.10 Å². The third-order valence-electron chi connectivity index (χ3n) is 4.42. The van der Waals surface area contributed by atoms with Crippen LogP contribution in [-0.4, -0.2) is 20.6 Å². The van der Waals surface area contributed by atoms with Crippen LogP contribution in [0.25, 0.3) is 16.6 Å². The van der Waals surface area contributed by atoms with Crippen LogP contribution in [0, 0.1) is 11.2 Å². The smallest absolute Gasteiger partial charge is 0.226 e. The molecule has 0 aliphatic heterocycles. The number of fused-ring (bicyclic) bond motifs is 1. The van der Waals surface area contributed by atoms with E-state index in [9.17, 15) is 14.3 Å². The van der Waals surface area contributed by atoms with Gasteiger partial charge in [0.15, 0.2) is 5.82 Å². The molecule has 6 heteroatoms. The maximum atomic E-state index is 13.4. The van der Waals surface area contributed by atoms with Crippen molar-refractivity contribution in [2.24, 2.45) is 5.41 Å². The average molecular weight is 383 g/mol. The number of aliphatic hydroxyl groups is 1. The van der Waals surface area contributed by atoms with Crippen molar-refractivity contribution >= 4 is 17.2 Å². The number of carbonyl (C=O) groups excluding carboxylic acids is 1. The fourth-order valence-corrected chi connectivity index (χ4v) is 3.07. The van der Waals surface area contributed by atoms with Crippen LogP contribution in [0.1, 0.15) is 46.6 Å². The minimum Gasteiger partial charge on any atom is -0.386 e. The van der Waals surface area contributed by atoms with Crippen molar-refractivity contribution in [2.75, 3.05) is 5.32 Å². The maximum Gasteiger partial charge on any atom is 0.226 e. The summed E-state index contributed by atoms with van der Waals surface area (Å²) in [4.78, 5) is 12.5. The van der Waals surface area contributed by atoms with Crippen LogP contribution in [0.2, 0.25) is 0 Å². The van der Waals surface area contributed by atoms with E-state index in [0.29, 0.717) is 17.8 Å². The highest BCUT2D eigenvalue weighted by atomic mass is 19.1. The highest BCUT2D eigenvalue weighted by molar-refractivity contribution is 5.98. The Balaban J connectivity index is 2.15. The molecule has 148 valence electrons. The fourth-order valence-electron chi connectivity index (χ4n) is 3.07. The van der Waals surface area contributed by atoms with Gasteiger partial charge in [-0.25, -0.2) is 8.91 Å². The average Bonchev–Trinajstić information content (AvgIpc) is 2.89. The maximum absolute atomic E-state index is 13.4. The minimum absolute atomic E-state index is 0.137. The molecule has 0 radical (unpaired) electrons. The first kappa shape index (κ1) is 20.0. The minimum atomic E-state index is -1.03. The summed E-state index contributed by atoms with van der Waals surface area (Å²) in [5, 5.41) is 17.8. The lowest BCUT2D eigenvalue weighted by atomic mass is 9.92. The van der Waals surface area contributed by atoms with Gasteiger partial charge in [0, 0.05) is 12.6 Å². The van der Waals surface area contributed by atoms with Crippen molar-refractivity contribution < 1.29 is 14.3 Å². The summed E-state index contributed by atoms with van der Waals surface area (Å²) < 4.78 is 15.1. The van der Waals surface area contributed by atoms with Gasteiger partial charge in [0.25, 0.3) is 0 Å². The SMILES string of the molecule is CC(C)(C)CC(=O)Nc1nn2ccc(C(C)(C)O)cc2c1-c1ccc(F)cc1. The van der Waals surface area contributed by atoms with Gasteiger partial charge in [-0.3, -0.25) is 4.79 Å². The lowest BCUT2D eigenvalue weighted by Crippen LogP contribution is -2.20. The fraction of sp³-hybridized carbons (Fsp3) is 0.364. The monoisotopic (exact) mass is 383 g/mol. The van der Waals surface area contributed by atoms with E-state index in [1.165, 1.54) is 12.1 Å². The number of halogens is 1. The summed E-state index contributed by atoms with van der Waals surface area (Å²) in [5.41, 5.74) is 1.67. The number of amides is 1. The van der Waals surface area contributed by atoms with Gasteiger partial charge in [0.1, 0.15) is 5.82 Å². The number of hydrogen-bond acceptors (Lipinski definition) is 3. The van der Waals surface area contributed by atoms with Crippen molar-refractivity contribution in [3.63, 3.8) is 0 Å². The number of carbonyl (C=O) groups is 1. The zero-order chi connectivity index (χ0) is 20.7. The van der Waals surface area contributed by atoms with Gasteiger partial charge in [0.2, 0.25) is 5.91 Å². The van der Waals surface area contributed by atoms with Crippen molar-refractivity contribution in [1.29, 1.82) is 0 Å². The molecule has 0 fully saturated rings. The second-order valence-electron chi connectivity index (χ2n) is 8.82. The third kappa shape index (κ3) is 4.39. The summed E-state index contributed by atoms with van der Waals surface area (Å²) in [6.45, 7) is 9.39. The van der Waals surface area contributed by atoms with Crippen molar-refractivity contribution in [1.82, 2.24) is 9.61 Å². The first-order valence-corrected chi connectivity index (χ1v) is 9.25. The van der Waals surface area contributed by atoms with E-state index in [1.54, 1.807) is 42.8 Å². The Kier molecular flexibility index (Phi) is 5.02. The molecule has 0 bridgehead atoms. The zero-order valence-corrected chi connectivity index (χ0v) is 16.9. The number of nitrogens with one attached hydrogen (secondary N) is 1. The number of anilines is 1. The Morgan fingerprint density at radius 3 is 2.36 bits per heavy atom. The molecule has 5 nitrogen and oxygen atoms in total. The van der Waals surface area contributed by atoms with E-state index in [0.717, 1.165) is 16.6 Å². The summed E-state index contributed by atoms with van der Waals surface area (Å²) >= 11 is 0. The Labute approximate surface area is 164 Å². The molecule has 0 atom stereocenters. The van der Waals surface area contributed by atoms with Gasteiger partial charge in [-0.2, -0.15) is 0 Å². The number of nitrogens with zero attached hydrogens (tertiary/aromatic N) is 2. The molecule has 0 saturated carbocycles. The standard InChI is InChI=1S/C22H26FN3O2/c1-21(2,3)13-18(27)24-20-19(14-6-8-16(23)9-7-14)17-12-15(22(4,5)28)10-11-26(17)25-20/h6-12,28H,13H2,1-5H3,(H,24,25,27). The molecule has 1 aromatic carbocycles. The molecule has 0 aliphatic rings. The van der Waals surface area contributed by atoms with Gasteiger partial charge in [0.05, 0.1) is 16.7 Å².